The van der Waals surface area contributed by atoms with E-state index >= 15 is 0 Å². The van der Waals surface area contributed by atoms with E-state index in [1.165, 1.54) is 6.07 Å². The van der Waals surface area contributed by atoms with Crippen LogP contribution in [0.15, 0.2) is 18.2 Å². The van der Waals surface area contributed by atoms with Crippen molar-refractivity contribution in [2.45, 2.75) is 32.4 Å². The lowest BCUT2D eigenvalue weighted by Gasteiger charge is -2.15. The Morgan fingerprint density at radius 2 is 2.32 bits per heavy atom. The van der Waals surface area contributed by atoms with Crippen molar-refractivity contribution in [1.82, 2.24) is 0 Å². The molecule has 1 aliphatic heterocycles. The summed E-state index contributed by atoms with van der Waals surface area (Å²) in [4.78, 5) is 10.5. The largest absolute Gasteiger partial charge is 0.484 e. The van der Waals surface area contributed by atoms with Crippen molar-refractivity contribution in [3.05, 3.63) is 28.3 Å². The van der Waals surface area contributed by atoms with Gasteiger partial charge >= 0.3 is 5.69 Å². The number of rotatable bonds is 5. The summed E-state index contributed by atoms with van der Waals surface area (Å²) >= 11 is 0. The maximum Gasteiger partial charge on any atom is 0.311 e. The van der Waals surface area contributed by atoms with E-state index in [2.05, 4.69) is 5.32 Å². The Morgan fingerprint density at radius 1 is 1.53 bits per heavy atom. The monoisotopic (exact) mass is 266 g/mol. The van der Waals surface area contributed by atoms with Gasteiger partial charge in [-0.15, -0.1) is 0 Å². The standard InChI is InChI=1S/C13H18N2O4/c1-9(2)19-13-7-10(3-4-12(13)15(16)17)14-11-5-6-18-8-11/h3-4,7,9,11,14H,5-6,8H2,1-2H3. The fraction of sp³-hybridized carbons (Fsp3) is 0.538. The molecule has 19 heavy (non-hydrogen) atoms. The summed E-state index contributed by atoms with van der Waals surface area (Å²) in [7, 11) is 0. The first-order valence-corrected chi connectivity index (χ1v) is 6.35. The summed E-state index contributed by atoms with van der Waals surface area (Å²) < 4.78 is 10.8. The molecule has 0 spiro atoms. The van der Waals surface area contributed by atoms with Crippen LogP contribution in [0.1, 0.15) is 20.3 Å². The van der Waals surface area contributed by atoms with Crippen LogP contribution in [0.4, 0.5) is 11.4 Å². The molecule has 0 aliphatic carbocycles. The molecule has 0 amide bonds. The zero-order valence-electron chi connectivity index (χ0n) is 11.1. The molecule has 1 atom stereocenters. The smallest absolute Gasteiger partial charge is 0.311 e. The number of ether oxygens (including phenoxy) is 2. The molecule has 1 aromatic carbocycles. The number of nitro groups is 1. The van der Waals surface area contributed by atoms with Crippen LogP contribution in [-0.2, 0) is 4.74 Å². The molecule has 0 bridgehead atoms. The quantitative estimate of drug-likeness (QED) is 0.655. The van der Waals surface area contributed by atoms with Crippen LogP contribution in [0.2, 0.25) is 0 Å². The van der Waals surface area contributed by atoms with Crippen molar-refractivity contribution in [3.63, 3.8) is 0 Å². The maximum absolute atomic E-state index is 10.9. The molecule has 1 aromatic rings. The molecule has 1 N–H and O–H groups in total. The molecule has 6 heteroatoms. The van der Waals surface area contributed by atoms with Crippen LogP contribution in [0.5, 0.6) is 5.75 Å². The molecule has 1 unspecified atom stereocenters. The van der Waals surface area contributed by atoms with E-state index in [1.807, 2.05) is 13.8 Å². The lowest BCUT2D eigenvalue weighted by Crippen LogP contribution is -2.19. The van der Waals surface area contributed by atoms with Gasteiger partial charge in [-0.3, -0.25) is 10.1 Å². The highest BCUT2D eigenvalue weighted by Crippen LogP contribution is 2.31. The Morgan fingerprint density at radius 3 is 2.89 bits per heavy atom. The number of anilines is 1. The minimum absolute atomic E-state index is 0.0121. The number of nitrogens with zero attached hydrogens (tertiary/aromatic N) is 1. The Kier molecular flexibility index (Phi) is 4.21. The number of benzene rings is 1. The summed E-state index contributed by atoms with van der Waals surface area (Å²) in [5.74, 6) is 0.295. The molecular weight excluding hydrogens is 248 g/mol. The van der Waals surface area contributed by atoms with E-state index in [0.29, 0.717) is 12.4 Å². The lowest BCUT2D eigenvalue weighted by atomic mass is 10.2. The molecule has 104 valence electrons. The molecule has 0 radical (unpaired) electrons. The summed E-state index contributed by atoms with van der Waals surface area (Å²) in [6.45, 7) is 5.10. The van der Waals surface area contributed by atoms with Gasteiger partial charge in [-0.1, -0.05) is 0 Å². The number of hydrogen-bond donors (Lipinski definition) is 1. The molecule has 2 rings (SSSR count). The van der Waals surface area contributed by atoms with Gasteiger partial charge < -0.3 is 14.8 Å². The highest BCUT2D eigenvalue weighted by atomic mass is 16.6. The topological polar surface area (TPSA) is 73.6 Å². The molecule has 1 aliphatic rings. The van der Waals surface area contributed by atoms with E-state index in [0.717, 1.165) is 18.7 Å². The molecule has 1 saturated heterocycles. The summed E-state index contributed by atoms with van der Waals surface area (Å²) in [5.41, 5.74) is 0.804. The molecule has 6 nitrogen and oxygen atoms in total. The van der Waals surface area contributed by atoms with Gasteiger partial charge in [0.15, 0.2) is 5.75 Å². The summed E-state index contributed by atoms with van der Waals surface area (Å²) in [6.07, 6.45) is 0.834. The van der Waals surface area contributed by atoms with E-state index in [-0.39, 0.29) is 17.8 Å². The number of nitrogens with one attached hydrogen (secondary N) is 1. The van der Waals surface area contributed by atoms with Crippen molar-refractivity contribution in [3.8, 4) is 5.75 Å². The zero-order valence-corrected chi connectivity index (χ0v) is 11.1. The molecular formula is C13H18N2O4. The van der Waals surface area contributed by atoms with Gasteiger partial charge in [-0.25, -0.2) is 0 Å². The number of hydrogen-bond acceptors (Lipinski definition) is 5. The van der Waals surface area contributed by atoms with Crippen LogP contribution in [0.3, 0.4) is 0 Å². The second kappa shape index (κ2) is 5.88. The van der Waals surface area contributed by atoms with E-state index < -0.39 is 4.92 Å². The third kappa shape index (κ3) is 3.57. The average molecular weight is 266 g/mol. The number of nitro benzene ring substituents is 1. The summed E-state index contributed by atoms with van der Waals surface area (Å²) in [6, 6.07) is 5.10. The molecule has 1 fully saturated rings. The fourth-order valence-electron chi connectivity index (χ4n) is 1.99. The predicted molar refractivity (Wildman–Crippen MR) is 71.7 cm³/mol. The predicted octanol–water partition coefficient (Wildman–Crippen LogP) is 2.58. The second-order valence-corrected chi connectivity index (χ2v) is 4.81. The van der Waals surface area contributed by atoms with Crippen molar-refractivity contribution in [2.24, 2.45) is 0 Å². The Hall–Kier alpha value is -1.82. The van der Waals surface area contributed by atoms with Crippen LogP contribution in [0, 0.1) is 10.1 Å². The van der Waals surface area contributed by atoms with E-state index in [4.69, 9.17) is 9.47 Å². The minimum Gasteiger partial charge on any atom is -0.484 e. The SMILES string of the molecule is CC(C)Oc1cc(NC2CCOC2)ccc1[N+](=O)[O-]. The molecule has 0 aromatic heterocycles. The molecule has 0 saturated carbocycles. The van der Waals surface area contributed by atoms with Gasteiger partial charge in [0.05, 0.1) is 23.7 Å². The van der Waals surface area contributed by atoms with Crippen molar-refractivity contribution < 1.29 is 14.4 Å². The van der Waals surface area contributed by atoms with E-state index in [9.17, 15) is 10.1 Å². The highest BCUT2D eigenvalue weighted by Gasteiger charge is 2.19. The van der Waals surface area contributed by atoms with Gasteiger partial charge in [0.25, 0.3) is 0 Å². The van der Waals surface area contributed by atoms with Crippen LogP contribution in [0.25, 0.3) is 0 Å². The first-order chi connectivity index (χ1) is 9.06. The Labute approximate surface area is 111 Å². The molecule has 1 heterocycles. The van der Waals surface area contributed by atoms with Crippen molar-refractivity contribution >= 4 is 11.4 Å². The van der Waals surface area contributed by atoms with Crippen molar-refractivity contribution in [2.75, 3.05) is 18.5 Å². The third-order valence-corrected chi connectivity index (χ3v) is 2.82. The van der Waals surface area contributed by atoms with Crippen LogP contribution < -0.4 is 10.1 Å². The van der Waals surface area contributed by atoms with Gasteiger partial charge in [0.1, 0.15) is 0 Å². The second-order valence-electron chi connectivity index (χ2n) is 4.81. The Balaban J connectivity index is 2.18. The van der Waals surface area contributed by atoms with E-state index in [1.54, 1.807) is 12.1 Å². The van der Waals surface area contributed by atoms with Crippen molar-refractivity contribution in [1.29, 1.82) is 0 Å². The zero-order chi connectivity index (χ0) is 13.8. The van der Waals surface area contributed by atoms with Crippen LogP contribution >= 0.6 is 0 Å². The van der Waals surface area contributed by atoms with Gasteiger partial charge in [-0.05, 0) is 26.3 Å². The first kappa shape index (κ1) is 13.6. The Bertz CT molecular complexity index is 456. The minimum atomic E-state index is -0.430. The van der Waals surface area contributed by atoms with Crippen LogP contribution in [-0.4, -0.2) is 30.3 Å². The third-order valence-electron chi connectivity index (χ3n) is 2.82. The van der Waals surface area contributed by atoms with Gasteiger partial charge in [0, 0.05) is 24.4 Å². The average Bonchev–Trinajstić information content (AvgIpc) is 2.80. The summed E-state index contributed by atoms with van der Waals surface area (Å²) in [5, 5.41) is 14.2. The fourth-order valence-corrected chi connectivity index (χ4v) is 1.99. The maximum atomic E-state index is 10.9. The van der Waals surface area contributed by atoms with Gasteiger partial charge in [0.2, 0.25) is 0 Å². The lowest BCUT2D eigenvalue weighted by molar-refractivity contribution is -0.386. The normalized spacial score (nSPS) is 18.6. The highest BCUT2D eigenvalue weighted by molar-refractivity contribution is 5.58. The van der Waals surface area contributed by atoms with Gasteiger partial charge in [-0.2, -0.15) is 0 Å². The first-order valence-electron chi connectivity index (χ1n) is 6.35.